The number of carbonyl (C=O) groups is 3. The number of nitrogens with one attached hydrogen (secondary N) is 2. The highest BCUT2D eigenvalue weighted by Gasteiger charge is 2.35. The highest BCUT2D eigenvalue weighted by Crippen LogP contribution is 2.39. The van der Waals surface area contributed by atoms with E-state index in [2.05, 4.69) is 16.7 Å². The van der Waals surface area contributed by atoms with Gasteiger partial charge in [-0.15, -0.1) is 0 Å². The van der Waals surface area contributed by atoms with E-state index >= 15 is 0 Å². The van der Waals surface area contributed by atoms with E-state index in [-0.39, 0.29) is 16.8 Å². The van der Waals surface area contributed by atoms with Gasteiger partial charge in [0.25, 0.3) is 5.91 Å². The van der Waals surface area contributed by atoms with Crippen LogP contribution >= 0.6 is 11.6 Å². The molecule has 2 heterocycles. The van der Waals surface area contributed by atoms with Crippen LogP contribution in [0.4, 0.5) is 20.6 Å². The molecule has 0 aromatic heterocycles. The van der Waals surface area contributed by atoms with Gasteiger partial charge in [-0.25, -0.2) is 14.1 Å². The van der Waals surface area contributed by atoms with Gasteiger partial charge in [0.2, 0.25) is 5.91 Å². The number of allylic oxidation sites excluding steroid dienone is 1. The van der Waals surface area contributed by atoms with Gasteiger partial charge in [0.05, 0.1) is 5.54 Å². The molecule has 0 spiro atoms. The number of anilines is 2. The smallest absolute Gasteiger partial charge is 0.329 e. The fraction of sp³-hybridized carbons (Fsp3) is 0.240. The zero-order valence-electron chi connectivity index (χ0n) is 19.2. The Morgan fingerprint density at radius 3 is 2.56 bits per heavy atom. The number of likely N-dealkylation sites (N-methyl/N-ethyl adjacent to an activating group) is 1. The van der Waals surface area contributed by atoms with Crippen molar-refractivity contribution in [1.29, 1.82) is 0 Å². The highest BCUT2D eigenvalue weighted by molar-refractivity contribution is 6.30. The summed E-state index contributed by atoms with van der Waals surface area (Å²) >= 11 is 5.83. The molecule has 9 heteroatoms. The predicted octanol–water partition coefficient (Wildman–Crippen LogP) is 4.64. The lowest BCUT2D eigenvalue weighted by molar-refractivity contribution is -0.127. The molecule has 1 saturated heterocycles. The zero-order valence-corrected chi connectivity index (χ0v) is 20.0. The fourth-order valence-corrected chi connectivity index (χ4v) is 4.17. The van der Waals surface area contributed by atoms with Crippen LogP contribution in [0.3, 0.4) is 0 Å². The van der Waals surface area contributed by atoms with Gasteiger partial charge in [0.1, 0.15) is 18.1 Å². The third kappa shape index (κ3) is 4.41. The number of hydrogen-bond acceptors (Lipinski definition) is 4. The first-order chi connectivity index (χ1) is 16.0. The van der Waals surface area contributed by atoms with Gasteiger partial charge in [-0.3, -0.25) is 9.59 Å². The molecule has 34 heavy (non-hydrogen) atoms. The third-order valence-electron chi connectivity index (χ3n) is 6.03. The monoisotopic (exact) mass is 482 g/mol. The molecule has 2 aliphatic heterocycles. The summed E-state index contributed by atoms with van der Waals surface area (Å²) in [6.45, 7) is 5.54. The molecule has 0 saturated carbocycles. The van der Waals surface area contributed by atoms with Gasteiger partial charge < -0.3 is 15.5 Å². The summed E-state index contributed by atoms with van der Waals surface area (Å²) in [4.78, 5) is 40.2. The number of urea groups is 1. The molecule has 0 unspecified atom stereocenters. The first kappa shape index (κ1) is 23.5. The molecule has 2 aromatic carbocycles. The van der Waals surface area contributed by atoms with Crippen LogP contribution in [0.1, 0.15) is 31.9 Å². The van der Waals surface area contributed by atoms with Crippen molar-refractivity contribution in [3.8, 4) is 0 Å². The van der Waals surface area contributed by atoms with Crippen molar-refractivity contribution in [3.05, 3.63) is 70.1 Å². The molecule has 1 fully saturated rings. The van der Waals surface area contributed by atoms with Crippen molar-refractivity contribution >= 4 is 52.5 Å². The van der Waals surface area contributed by atoms with E-state index in [0.29, 0.717) is 10.7 Å². The zero-order chi connectivity index (χ0) is 24.8. The van der Waals surface area contributed by atoms with Gasteiger partial charge in [-0.1, -0.05) is 17.7 Å². The van der Waals surface area contributed by atoms with Crippen molar-refractivity contribution in [3.63, 3.8) is 0 Å². The Kier molecular flexibility index (Phi) is 5.95. The van der Waals surface area contributed by atoms with E-state index in [9.17, 15) is 18.8 Å². The predicted molar refractivity (Wildman–Crippen MR) is 131 cm³/mol. The quantitative estimate of drug-likeness (QED) is 0.491. The normalized spacial score (nSPS) is 18.1. The Labute approximate surface area is 201 Å². The molecule has 0 radical (unpaired) electrons. The molecule has 0 aliphatic carbocycles. The van der Waals surface area contributed by atoms with Crippen LogP contribution in [0.15, 0.2) is 48.2 Å². The van der Waals surface area contributed by atoms with E-state index in [1.165, 1.54) is 12.1 Å². The van der Waals surface area contributed by atoms with Crippen LogP contribution in [0.5, 0.6) is 0 Å². The van der Waals surface area contributed by atoms with Crippen molar-refractivity contribution < 1.29 is 18.8 Å². The van der Waals surface area contributed by atoms with Crippen LogP contribution in [0.2, 0.25) is 5.02 Å². The maximum absolute atomic E-state index is 15.0. The largest absolute Gasteiger partial charge is 0.365 e. The van der Waals surface area contributed by atoms with E-state index in [4.69, 9.17) is 11.6 Å². The Hall–Kier alpha value is -3.65. The third-order valence-corrected chi connectivity index (χ3v) is 6.28. The minimum absolute atomic E-state index is 0.103. The van der Waals surface area contributed by atoms with Crippen molar-refractivity contribution in [2.75, 3.05) is 23.8 Å². The molecular formula is C25H24ClFN4O3. The number of fused-ring (bicyclic) bond motifs is 1. The molecule has 4 amide bonds. The molecule has 0 bridgehead atoms. The summed E-state index contributed by atoms with van der Waals surface area (Å²) in [6, 6.07) is 8.75. The highest BCUT2D eigenvalue weighted by atomic mass is 35.5. The number of benzene rings is 2. The lowest BCUT2D eigenvalue weighted by Gasteiger charge is -2.40. The number of hydrogen-bond donors (Lipinski definition) is 2. The standard InChI is InChI=1S/C25H24ClFN4O3/c1-14-12-25(2,3)30(4)21-11-19(27)15(9-18(14)21)10-20-23(33)31(24(34)29-20)13-22(32)28-17-7-5-16(26)6-8-17/h5-12H,13H2,1-4H3,(H,28,32)(H,29,34)/b20-10+. The van der Waals surface area contributed by atoms with Crippen LogP contribution in [-0.2, 0) is 9.59 Å². The second-order valence-electron chi connectivity index (χ2n) is 8.87. The van der Waals surface area contributed by atoms with Gasteiger partial charge in [0, 0.05) is 34.6 Å². The Morgan fingerprint density at radius 1 is 1.21 bits per heavy atom. The molecule has 4 rings (SSSR count). The Bertz CT molecular complexity index is 1270. The van der Waals surface area contributed by atoms with Crippen molar-refractivity contribution in [2.24, 2.45) is 0 Å². The molecule has 2 aliphatic rings. The van der Waals surface area contributed by atoms with Gasteiger partial charge in [-0.2, -0.15) is 0 Å². The van der Waals surface area contributed by atoms with E-state index in [0.717, 1.165) is 21.7 Å². The second kappa shape index (κ2) is 8.61. The minimum Gasteiger partial charge on any atom is -0.365 e. The summed E-state index contributed by atoms with van der Waals surface area (Å²) in [5.74, 6) is -1.79. The molecule has 2 N–H and O–H groups in total. The summed E-state index contributed by atoms with van der Waals surface area (Å²) in [5, 5.41) is 5.54. The van der Waals surface area contributed by atoms with Crippen LogP contribution in [-0.4, -0.2) is 41.9 Å². The number of imide groups is 1. The maximum Gasteiger partial charge on any atom is 0.329 e. The van der Waals surface area contributed by atoms with Gasteiger partial charge in [-0.05, 0) is 68.8 Å². The van der Waals surface area contributed by atoms with Gasteiger partial charge >= 0.3 is 6.03 Å². The number of halogens is 2. The average molecular weight is 483 g/mol. The molecule has 7 nitrogen and oxygen atoms in total. The molecule has 176 valence electrons. The van der Waals surface area contributed by atoms with Crippen molar-refractivity contribution in [1.82, 2.24) is 10.2 Å². The number of amides is 4. The number of nitrogens with zero attached hydrogens (tertiary/aromatic N) is 2. The topological polar surface area (TPSA) is 81.8 Å². The average Bonchev–Trinajstić information content (AvgIpc) is 3.02. The Morgan fingerprint density at radius 2 is 1.88 bits per heavy atom. The minimum atomic E-state index is -0.751. The van der Waals surface area contributed by atoms with Gasteiger partial charge in [0.15, 0.2) is 0 Å². The first-order valence-corrected chi connectivity index (χ1v) is 11.0. The summed E-state index contributed by atoms with van der Waals surface area (Å²) in [7, 11) is 1.90. The Balaban J connectivity index is 1.55. The van der Waals surface area contributed by atoms with Crippen LogP contribution in [0, 0.1) is 5.82 Å². The van der Waals surface area contributed by atoms with Crippen molar-refractivity contribution in [2.45, 2.75) is 26.3 Å². The van der Waals surface area contributed by atoms with E-state index in [1.807, 2.05) is 32.7 Å². The second-order valence-corrected chi connectivity index (χ2v) is 9.30. The summed E-state index contributed by atoms with van der Waals surface area (Å²) < 4.78 is 15.0. The van der Waals surface area contributed by atoms with Crippen LogP contribution in [0.25, 0.3) is 11.6 Å². The van der Waals surface area contributed by atoms with E-state index < -0.39 is 30.2 Å². The number of rotatable bonds is 4. The van der Waals surface area contributed by atoms with E-state index in [1.54, 1.807) is 30.3 Å². The molecule has 0 atom stereocenters. The lowest BCUT2D eigenvalue weighted by atomic mass is 9.88. The maximum atomic E-state index is 15.0. The molecular weight excluding hydrogens is 459 g/mol. The first-order valence-electron chi connectivity index (χ1n) is 10.6. The fourth-order valence-electron chi connectivity index (χ4n) is 4.05. The molecule has 2 aromatic rings. The van der Waals surface area contributed by atoms with Crippen LogP contribution < -0.4 is 15.5 Å². The summed E-state index contributed by atoms with van der Waals surface area (Å²) in [6.07, 6.45) is 3.38. The summed E-state index contributed by atoms with van der Waals surface area (Å²) in [5.41, 5.74) is 2.83. The number of carbonyl (C=O) groups excluding carboxylic acids is 3. The lowest BCUT2D eigenvalue weighted by Crippen LogP contribution is -2.42. The SMILES string of the molecule is CC1=CC(C)(C)N(C)c2cc(F)c(/C=C3/NC(=O)N(CC(=O)Nc4ccc(Cl)cc4)C3=O)cc21.